The van der Waals surface area contributed by atoms with Crippen molar-refractivity contribution in [2.24, 2.45) is 0 Å². The van der Waals surface area contributed by atoms with E-state index in [9.17, 15) is 14.4 Å². The summed E-state index contributed by atoms with van der Waals surface area (Å²) in [5.41, 5.74) is 2.72. The first-order chi connectivity index (χ1) is 17.5. The lowest BCUT2D eigenvalue weighted by atomic mass is 10.1. The molecule has 0 spiro atoms. The van der Waals surface area contributed by atoms with Gasteiger partial charge in [-0.05, 0) is 37.5 Å². The van der Waals surface area contributed by atoms with Crippen molar-refractivity contribution in [3.63, 3.8) is 0 Å². The van der Waals surface area contributed by atoms with Gasteiger partial charge in [-0.1, -0.05) is 36.4 Å². The molecule has 4 bridgehead atoms. The van der Waals surface area contributed by atoms with Crippen molar-refractivity contribution in [1.29, 1.82) is 0 Å². The van der Waals surface area contributed by atoms with Gasteiger partial charge in [-0.2, -0.15) is 0 Å². The number of thiazole rings is 1. The standard InChI is InChI=1S/C27H28N4O4S/c1-17-7-8-19-13-23(17)35-12-11-28-24(32)14-20-9-10-21(15-29-25(19)33)31(20)27(34)22-16-36-26(30-22)18-5-3-2-4-6-18/h2-8,13,16,20-21H,9-12,14-15H2,1H3,(H,28,32)(H,29,33)/t20-,21+/m0/s1. The maximum absolute atomic E-state index is 13.7. The van der Waals surface area contributed by atoms with Crippen molar-refractivity contribution in [1.82, 2.24) is 20.5 Å². The Morgan fingerprint density at radius 1 is 1.06 bits per heavy atom. The van der Waals surface area contributed by atoms with Crippen LogP contribution < -0.4 is 15.4 Å². The number of fused-ring (bicyclic) bond motifs is 4. The summed E-state index contributed by atoms with van der Waals surface area (Å²) in [5.74, 6) is 0.0468. The molecule has 2 aromatic carbocycles. The van der Waals surface area contributed by atoms with Crippen LogP contribution in [0.15, 0.2) is 53.9 Å². The molecule has 8 nitrogen and oxygen atoms in total. The number of aromatic nitrogens is 1. The number of nitrogens with zero attached hydrogens (tertiary/aromatic N) is 2. The molecule has 1 saturated heterocycles. The number of hydrogen-bond acceptors (Lipinski definition) is 6. The highest BCUT2D eigenvalue weighted by Gasteiger charge is 2.39. The number of amides is 3. The van der Waals surface area contributed by atoms with Gasteiger partial charge < -0.3 is 20.3 Å². The molecule has 1 fully saturated rings. The van der Waals surface area contributed by atoms with E-state index in [1.54, 1.807) is 22.4 Å². The van der Waals surface area contributed by atoms with Gasteiger partial charge in [0.15, 0.2) is 0 Å². The van der Waals surface area contributed by atoms with E-state index >= 15 is 0 Å². The average molecular weight is 505 g/mol. The number of rotatable bonds is 2. The SMILES string of the molecule is Cc1ccc2cc1OCCNC(=O)C[C@@H]1CC[C@H](CNC2=O)N1C(=O)c1csc(-c2ccccc2)n1. The van der Waals surface area contributed by atoms with Crippen LogP contribution in [0.25, 0.3) is 10.6 Å². The van der Waals surface area contributed by atoms with Crippen LogP contribution in [0.5, 0.6) is 5.75 Å². The van der Waals surface area contributed by atoms with E-state index in [1.165, 1.54) is 11.3 Å². The first kappa shape index (κ1) is 24.0. The summed E-state index contributed by atoms with van der Waals surface area (Å²) in [6.45, 7) is 2.83. The van der Waals surface area contributed by atoms with E-state index < -0.39 is 0 Å². The smallest absolute Gasteiger partial charge is 0.273 e. The van der Waals surface area contributed by atoms with E-state index in [0.717, 1.165) is 16.1 Å². The van der Waals surface area contributed by atoms with E-state index in [1.807, 2.05) is 43.3 Å². The lowest BCUT2D eigenvalue weighted by Crippen LogP contribution is -2.48. The molecule has 2 aliphatic rings. The third-order valence-corrected chi connectivity index (χ3v) is 7.54. The summed E-state index contributed by atoms with van der Waals surface area (Å²) >= 11 is 1.42. The Bertz CT molecular complexity index is 1280. The Hall–Kier alpha value is -3.72. The lowest BCUT2D eigenvalue weighted by molar-refractivity contribution is -0.122. The van der Waals surface area contributed by atoms with Crippen LogP contribution in [0.4, 0.5) is 0 Å². The topological polar surface area (TPSA) is 101 Å². The third kappa shape index (κ3) is 5.11. The van der Waals surface area contributed by atoms with Gasteiger partial charge in [-0.15, -0.1) is 11.3 Å². The summed E-state index contributed by atoms with van der Waals surface area (Å²) in [7, 11) is 0. The van der Waals surface area contributed by atoms with Crippen LogP contribution in [0.2, 0.25) is 0 Å². The van der Waals surface area contributed by atoms with Crippen LogP contribution in [0.1, 0.15) is 45.7 Å². The fourth-order valence-corrected chi connectivity index (χ4v) is 5.56. The molecule has 3 aromatic rings. The average Bonchev–Trinajstić information content (AvgIpc) is 3.53. The van der Waals surface area contributed by atoms with Gasteiger partial charge in [0.2, 0.25) is 5.91 Å². The van der Waals surface area contributed by atoms with Crippen LogP contribution in [0.3, 0.4) is 0 Å². The molecule has 1 aromatic heterocycles. The number of carbonyl (C=O) groups is 3. The van der Waals surface area contributed by atoms with E-state index in [-0.39, 0.29) is 42.8 Å². The number of aryl methyl sites for hydroxylation is 1. The number of nitrogens with one attached hydrogen (secondary N) is 2. The lowest BCUT2D eigenvalue weighted by Gasteiger charge is -2.30. The first-order valence-electron chi connectivity index (χ1n) is 12.1. The third-order valence-electron chi connectivity index (χ3n) is 6.65. The molecule has 2 N–H and O–H groups in total. The van der Waals surface area contributed by atoms with Crippen molar-refractivity contribution in [2.45, 2.75) is 38.3 Å². The van der Waals surface area contributed by atoms with Gasteiger partial charge in [-0.3, -0.25) is 14.4 Å². The second kappa shape index (κ2) is 10.5. The normalized spacial score (nSPS) is 20.5. The zero-order valence-corrected chi connectivity index (χ0v) is 20.8. The molecule has 5 rings (SSSR count). The van der Waals surface area contributed by atoms with Crippen LogP contribution in [-0.4, -0.2) is 59.4 Å². The van der Waals surface area contributed by atoms with Crippen molar-refractivity contribution in [3.05, 3.63) is 70.7 Å². The minimum atomic E-state index is -0.268. The van der Waals surface area contributed by atoms with Crippen molar-refractivity contribution in [3.8, 4) is 16.3 Å². The van der Waals surface area contributed by atoms with Gasteiger partial charge in [0.05, 0.1) is 6.54 Å². The monoisotopic (exact) mass is 504 g/mol. The molecule has 3 heterocycles. The molecular weight excluding hydrogens is 476 g/mol. The Kier molecular flexibility index (Phi) is 6.99. The molecule has 3 amide bonds. The molecule has 0 aliphatic carbocycles. The van der Waals surface area contributed by atoms with Crippen molar-refractivity contribution < 1.29 is 19.1 Å². The summed E-state index contributed by atoms with van der Waals surface area (Å²) in [5, 5.41) is 8.41. The summed E-state index contributed by atoms with van der Waals surface area (Å²) in [4.78, 5) is 45.7. The van der Waals surface area contributed by atoms with Crippen LogP contribution in [0, 0.1) is 6.92 Å². The van der Waals surface area contributed by atoms with E-state index in [0.29, 0.717) is 42.9 Å². The van der Waals surface area contributed by atoms with Gasteiger partial charge in [0.1, 0.15) is 23.1 Å². The Morgan fingerprint density at radius 2 is 1.86 bits per heavy atom. The highest BCUT2D eigenvalue weighted by atomic mass is 32.1. The molecule has 0 unspecified atom stereocenters. The molecular formula is C27H28N4O4S. The molecule has 186 valence electrons. The fourth-order valence-electron chi connectivity index (χ4n) is 4.76. The zero-order chi connectivity index (χ0) is 25.1. The Morgan fingerprint density at radius 3 is 2.69 bits per heavy atom. The highest BCUT2D eigenvalue weighted by molar-refractivity contribution is 7.13. The molecule has 36 heavy (non-hydrogen) atoms. The number of hydrogen-bond donors (Lipinski definition) is 2. The van der Waals surface area contributed by atoms with E-state index in [2.05, 4.69) is 15.6 Å². The van der Waals surface area contributed by atoms with Gasteiger partial charge in [-0.25, -0.2) is 4.98 Å². The molecule has 9 heteroatoms. The maximum Gasteiger partial charge on any atom is 0.273 e. The fraction of sp³-hybridized carbons (Fsp3) is 0.333. The molecule has 0 saturated carbocycles. The second-order valence-corrected chi connectivity index (χ2v) is 9.95. The predicted octanol–water partition coefficient (Wildman–Crippen LogP) is 3.42. The predicted molar refractivity (Wildman–Crippen MR) is 137 cm³/mol. The van der Waals surface area contributed by atoms with Gasteiger partial charge in [0, 0.05) is 41.6 Å². The number of carbonyl (C=O) groups excluding carboxylic acids is 3. The minimum absolute atomic E-state index is 0.130. The van der Waals surface area contributed by atoms with Crippen LogP contribution in [-0.2, 0) is 4.79 Å². The Balaban J connectivity index is 1.40. The first-order valence-corrected chi connectivity index (χ1v) is 13.0. The molecule has 0 radical (unpaired) electrons. The minimum Gasteiger partial charge on any atom is -0.491 e. The molecule has 2 atom stereocenters. The maximum atomic E-state index is 13.7. The second-order valence-electron chi connectivity index (χ2n) is 9.09. The highest BCUT2D eigenvalue weighted by Crippen LogP contribution is 2.30. The van der Waals surface area contributed by atoms with Crippen molar-refractivity contribution >= 4 is 29.1 Å². The number of benzene rings is 2. The summed E-state index contributed by atoms with van der Waals surface area (Å²) < 4.78 is 5.80. The van der Waals surface area contributed by atoms with Crippen LogP contribution >= 0.6 is 11.3 Å². The van der Waals surface area contributed by atoms with E-state index in [4.69, 9.17) is 4.74 Å². The van der Waals surface area contributed by atoms with Gasteiger partial charge >= 0.3 is 0 Å². The quantitative estimate of drug-likeness (QED) is 0.557. The molecule has 2 aliphatic heterocycles. The Labute approximate surface area is 213 Å². The largest absolute Gasteiger partial charge is 0.491 e. The number of ether oxygens (including phenoxy) is 1. The zero-order valence-electron chi connectivity index (χ0n) is 20.0. The summed E-state index contributed by atoms with van der Waals surface area (Å²) in [6.07, 6.45) is 1.57. The summed E-state index contributed by atoms with van der Waals surface area (Å²) in [6, 6.07) is 14.5. The van der Waals surface area contributed by atoms with Gasteiger partial charge in [0.25, 0.3) is 11.8 Å². The van der Waals surface area contributed by atoms with Crippen molar-refractivity contribution in [2.75, 3.05) is 19.7 Å².